The number of thiocarbonyl (C=S) groups is 1. The van der Waals surface area contributed by atoms with Crippen LogP contribution in [0.5, 0.6) is 11.5 Å². The third kappa shape index (κ3) is 7.24. The summed E-state index contributed by atoms with van der Waals surface area (Å²) in [5.74, 6) is 1.18. The Labute approximate surface area is 164 Å². The van der Waals surface area contributed by atoms with E-state index in [0.717, 1.165) is 17.2 Å². The van der Waals surface area contributed by atoms with Crippen molar-refractivity contribution in [3.63, 3.8) is 0 Å². The Morgan fingerprint density at radius 2 is 1.52 bits per heavy atom. The zero-order chi connectivity index (χ0) is 19.5. The molecule has 0 bridgehead atoms. The Balaban J connectivity index is 1.81. The summed E-state index contributed by atoms with van der Waals surface area (Å²) in [6, 6.07) is 14.2. The predicted octanol–water partition coefficient (Wildman–Crippen LogP) is 3.63. The van der Waals surface area contributed by atoms with E-state index in [1.54, 1.807) is 24.3 Å². The number of benzene rings is 2. The van der Waals surface area contributed by atoms with E-state index in [0.29, 0.717) is 32.0 Å². The molecular weight excluding hydrogens is 364 g/mol. The monoisotopic (exact) mass is 388 g/mol. The van der Waals surface area contributed by atoms with Crippen molar-refractivity contribution in [3.8, 4) is 11.5 Å². The minimum Gasteiger partial charge on any atom is -0.494 e. The first kappa shape index (κ1) is 20.7. The molecule has 0 saturated carbocycles. The standard InChI is InChI=1S/C20H24N2O4S/c1-3-24-13-14-26-18-11-7-16(8-12-18)21-20(27)22-19(23)15-5-9-17(10-6-15)25-4-2/h5-12H,3-4,13-14H2,1-2H3,(H2,21,22,23,27). The SMILES string of the molecule is CCOCCOc1ccc(NC(=S)NC(=O)c2ccc(OCC)cc2)cc1. The van der Waals surface area contributed by atoms with E-state index in [4.69, 9.17) is 26.4 Å². The van der Waals surface area contributed by atoms with Gasteiger partial charge in [-0.1, -0.05) is 0 Å². The fourth-order valence-electron chi connectivity index (χ4n) is 2.20. The summed E-state index contributed by atoms with van der Waals surface area (Å²) < 4.78 is 16.1. The van der Waals surface area contributed by atoms with Gasteiger partial charge in [-0.15, -0.1) is 0 Å². The van der Waals surface area contributed by atoms with Gasteiger partial charge in [0.2, 0.25) is 0 Å². The zero-order valence-corrected chi connectivity index (χ0v) is 16.3. The molecule has 6 nitrogen and oxygen atoms in total. The number of carbonyl (C=O) groups excluding carboxylic acids is 1. The van der Waals surface area contributed by atoms with E-state index in [2.05, 4.69) is 10.6 Å². The summed E-state index contributed by atoms with van der Waals surface area (Å²) in [5.41, 5.74) is 1.25. The van der Waals surface area contributed by atoms with Gasteiger partial charge in [-0.2, -0.15) is 0 Å². The third-order valence-corrected chi connectivity index (χ3v) is 3.67. The van der Waals surface area contributed by atoms with Crippen molar-refractivity contribution in [2.45, 2.75) is 13.8 Å². The Bertz CT molecular complexity index is 733. The zero-order valence-electron chi connectivity index (χ0n) is 15.5. The Hall–Kier alpha value is -2.64. The summed E-state index contributed by atoms with van der Waals surface area (Å²) in [7, 11) is 0. The molecule has 0 atom stereocenters. The first-order valence-electron chi connectivity index (χ1n) is 8.78. The highest BCUT2D eigenvalue weighted by atomic mass is 32.1. The van der Waals surface area contributed by atoms with Gasteiger partial charge in [-0.3, -0.25) is 10.1 Å². The van der Waals surface area contributed by atoms with Crippen LogP contribution in [-0.2, 0) is 4.74 Å². The van der Waals surface area contributed by atoms with Gasteiger partial charge in [0.1, 0.15) is 18.1 Å². The fourth-order valence-corrected chi connectivity index (χ4v) is 2.41. The van der Waals surface area contributed by atoms with Crippen molar-refractivity contribution < 1.29 is 19.0 Å². The first-order chi connectivity index (χ1) is 13.1. The summed E-state index contributed by atoms with van der Waals surface area (Å²) >= 11 is 5.20. The first-order valence-corrected chi connectivity index (χ1v) is 9.19. The molecule has 7 heteroatoms. The van der Waals surface area contributed by atoms with E-state index in [9.17, 15) is 4.79 Å². The third-order valence-electron chi connectivity index (χ3n) is 3.47. The second kappa shape index (κ2) is 11.2. The van der Waals surface area contributed by atoms with E-state index in [1.807, 2.05) is 38.1 Å². The molecule has 0 radical (unpaired) electrons. The number of nitrogens with one attached hydrogen (secondary N) is 2. The van der Waals surface area contributed by atoms with E-state index < -0.39 is 0 Å². The van der Waals surface area contributed by atoms with E-state index >= 15 is 0 Å². The lowest BCUT2D eigenvalue weighted by Crippen LogP contribution is -2.34. The Morgan fingerprint density at radius 3 is 2.15 bits per heavy atom. The molecule has 0 heterocycles. The lowest BCUT2D eigenvalue weighted by Gasteiger charge is -2.11. The van der Waals surface area contributed by atoms with Gasteiger partial charge < -0.3 is 19.5 Å². The average molecular weight is 388 g/mol. The van der Waals surface area contributed by atoms with Crippen molar-refractivity contribution in [2.75, 3.05) is 31.7 Å². The topological polar surface area (TPSA) is 68.8 Å². The molecule has 2 aromatic carbocycles. The average Bonchev–Trinajstić information content (AvgIpc) is 2.67. The molecule has 0 unspecified atom stereocenters. The second-order valence-electron chi connectivity index (χ2n) is 5.44. The summed E-state index contributed by atoms with van der Waals surface area (Å²) in [4.78, 5) is 12.2. The molecule has 0 aliphatic rings. The Kier molecular flexibility index (Phi) is 8.54. The molecule has 0 aromatic heterocycles. The molecular formula is C20H24N2O4S. The van der Waals surface area contributed by atoms with Crippen LogP contribution in [0.2, 0.25) is 0 Å². The van der Waals surface area contributed by atoms with Gasteiger partial charge in [0, 0.05) is 17.9 Å². The summed E-state index contributed by atoms with van der Waals surface area (Å²) in [5, 5.41) is 5.85. The normalized spacial score (nSPS) is 10.1. The molecule has 0 aliphatic heterocycles. The number of ether oxygens (including phenoxy) is 3. The van der Waals surface area contributed by atoms with Crippen LogP contribution in [-0.4, -0.2) is 37.4 Å². The van der Waals surface area contributed by atoms with Crippen LogP contribution in [0, 0.1) is 0 Å². The van der Waals surface area contributed by atoms with Gasteiger partial charge in [-0.25, -0.2) is 0 Å². The molecule has 0 aliphatic carbocycles. The van der Waals surface area contributed by atoms with Crippen LogP contribution in [0.3, 0.4) is 0 Å². The van der Waals surface area contributed by atoms with Crippen LogP contribution >= 0.6 is 12.2 Å². The van der Waals surface area contributed by atoms with Crippen molar-refractivity contribution >= 4 is 28.9 Å². The maximum Gasteiger partial charge on any atom is 0.257 e. The fraction of sp³-hybridized carbons (Fsp3) is 0.300. The number of amides is 1. The van der Waals surface area contributed by atoms with Crippen LogP contribution in [0.4, 0.5) is 5.69 Å². The number of hydrogen-bond acceptors (Lipinski definition) is 5. The highest BCUT2D eigenvalue weighted by Gasteiger charge is 2.08. The molecule has 2 aromatic rings. The molecule has 144 valence electrons. The smallest absolute Gasteiger partial charge is 0.257 e. The van der Waals surface area contributed by atoms with Crippen LogP contribution < -0.4 is 20.1 Å². The summed E-state index contributed by atoms with van der Waals surface area (Å²) in [6.45, 7) is 6.15. The Morgan fingerprint density at radius 1 is 0.889 bits per heavy atom. The van der Waals surface area contributed by atoms with Crippen LogP contribution in [0.1, 0.15) is 24.2 Å². The van der Waals surface area contributed by atoms with Crippen LogP contribution in [0.15, 0.2) is 48.5 Å². The highest BCUT2D eigenvalue weighted by Crippen LogP contribution is 2.16. The van der Waals surface area contributed by atoms with Crippen molar-refractivity contribution in [3.05, 3.63) is 54.1 Å². The molecule has 0 saturated heterocycles. The highest BCUT2D eigenvalue weighted by molar-refractivity contribution is 7.80. The molecule has 27 heavy (non-hydrogen) atoms. The lowest BCUT2D eigenvalue weighted by molar-refractivity contribution is 0.0977. The number of rotatable bonds is 9. The molecule has 0 spiro atoms. The second-order valence-corrected chi connectivity index (χ2v) is 5.84. The van der Waals surface area contributed by atoms with Crippen molar-refractivity contribution in [2.24, 2.45) is 0 Å². The van der Waals surface area contributed by atoms with E-state index in [1.165, 1.54) is 0 Å². The van der Waals surface area contributed by atoms with Gasteiger partial charge in [0.25, 0.3) is 5.91 Å². The molecule has 2 N–H and O–H groups in total. The molecule has 2 rings (SSSR count). The number of hydrogen-bond donors (Lipinski definition) is 2. The number of carbonyl (C=O) groups is 1. The minimum absolute atomic E-state index is 0.221. The van der Waals surface area contributed by atoms with Gasteiger partial charge in [-0.05, 0) is 74.6 Å². The van der Waals surface area contributed by atoms with Gasteiger partial charge >= 0.3 is 0 Å². The van der Waals surface area contributed by atoms with E-state index in [-0.39, 0.29) is 11.0 Å². The summed E-state index contributed by atoms with van der Waals surface area (Å²) in [6.07, 6.45) is 0. The quantitative estimate of drug-likeness (QED) is 0.505. The maximum atomic E-state index is 12.2. The predicted molar refractivity (Wildman–Crippen MR) is 110 cm³/mol. The van der Waals surface area contributed by atoms with Crippen molar-refractivity contribution in [1.29, 1.82) is 0 Å². The minimum atomic E-state index is -0.286. The van der Waals surface area contributed by atoms with Crippen LogP contribution in [0.25, 0.3) is 0 Å². The van der Waals surface area contributed by atoms with Gasteiger partial charge in [0.15, 0.2) is 5.11 Å². The molecule has 0 fully saturated rings. The lowest BCUT2D eigenvalue weighted by atomic mass is 10.2. The van der Waals surface area contributed by atoms with Gasteiger partial charge in [0.05, 0.1) is 13.2 Å². The maximum absolute atomic E-state index is 12.2. The van der Waals surface area contributed by atoms with Crippen molar-refractivity contribution in [1.82, 2.24) is 5.32 Å². The largest absolute Gasteiger partial charge is 0.494 e. The number of anilines is 1. The molecule has 1 amide bonds.